The Hall–Kier alpha value is -7.22. The number of rotatable bonds is 11. The second-order valence-electron chi connectivity index (χ2n) is 18.1. The number of carbonyl (C=O) groups is 6. The van der Waals surface area contributed by atoms with Gasteiger partial charge in [0.05, 0.1) is 44.0 Å². The number of aliphatic hydroxyl groups excluding tert-OH is 1. The summed E-state index contributed by atoms with van der Waals surface area (Å²) >= 11 is 0. The number of anilines is 1. The fourth-order valence-corrected chi connectivity index (χ4v) is 10.7. The Morgan fingerprint density at radius 3 is 2.17 bits per heavy atom. The Balaban J connectivity index is 1.48. The summed E-state index contributed by atoms with van der Waals surface area (Å²) in [4.78, 5) is 93.2. The molecule has 4 heterocycles. The lowest BCUT2D eigenvalue weighted by atomic mass is 9.64. The van der Waals surface area contributed by atoms with Gasteiger partial charge in [-0.3, -0.25) is 19.3 Å². The minimum absolute atomic E-state index is 0.0963. The van der Waals surface area contributed by atoms with E-state index in [4.69, 9.17) is 19.9 Å². The topological polar surface area (TPSA) is 210 Å². The number of hydrogen-bond donors (Lipinski definition) is 4. The van der Waals surface area contributed by atoms with Crippen molar-refractivity contribution in [2.75, 3.05) is 44.9 Å². The van der Waals surface area contributed by atoms with Crippen molar-refractivity contribution in [1.29, 1.82) is 0 Å². The molecule has 4 aromatic carbocycles. The molecule has 4 aliphatic rings. The first-order valence-electron chi connectivity index (χ1n) is 23.5. The van der Waals surface area contributed by atoms with Crippen LogP contribution in [0, 0.1) is 23.7 Å². The SMILES string of the molecule is COC(=O)[C@@H](NC(=O)N1C(=O)[C@@]2(c3cc(C#CCNC(N)=O)ccc31)[C@H](C(=O)N1CCCCCCC1)[C@H]1C(=O)O[C@H](c3ccccc3)[C@H](c3ccccc3)N1[C@@H]2c1ccccc1OCCO)C(C)C. The first kappa shape index (κ1) is 48.2. The maximum Gasteiger partial charge on any atom is 0.329 e. The van der Waals surface area contributed by atoms with Crippen LogP contribution in [-0.2, 0) is 34.1 Å². The van der Waals surface area contributed by atoms with Gasteiger partial charge in [-0.15, -0.1) is 0 Å². The fraction of sp³-hybridized carbons (Fsp3) is 0.396. The van der Waals surface area contributed by atoms with E-state index >= 15 is 19.2 Å². The molecule has 360 valence electrons. The number of fused-ring (bicyclic) bond motifs is 3. The Morgan fingerprint density at radius 1 is 0.870 bits per heavy atom. The molecule has 0 bridgehead atoms. The van der Waals surface area contributed by atoms with Crippen LogP contribution in [0.2, 0.25) is 0 Å². The number of amides is 6. The number of nitrogens with two attached hydrogens (primary N) is 1. The number of hydrogen-bond acceptors (Lipinski definition) is 11. The maximum atomic E-state index is 16.8. The molecule has 0 saturated carbocycles. The summed E-state index contributed by atoms with van der Waals surface area (Å²) < 4.78 is 18.0. The number of carbonyl (C=O) groups excluding carboxylic acids is 6. The molecule has 4 aromatic rings. The molecule has 0 aliphatic carbocycles. The van der Waals surface area contributed by atoms with Crippen LogP contribution < -0.4 is 26.0 Å². The second kappa shape index (κ2) is 21.0. The van der Waals surface area contributed by atoms with E-state index in [0.29, 0.717) is 42.6 Å². The molecule has 5 N–H and O–H groups in total. The van der Waals surface area contributed by atoms with Gasteiger partial charge in [-0.05, 0) is 59.7 Å². The first-order chi connectivity index (χ1) is 33.4. The van der Waals surface area contributed by atoms with Crippen molar-refractivity contribution in [1.82, 2.24) is 20.4 Å². The molecule has 3 saturated heterocycles. The molecule has 16 heteroatoms. The van der Waals surface area contributed by atoms with Crippen LogP contribution >= 0.6 is 0 Å². The Bertz CT molecular complexity index is 2630. The van der Waals surface area contributed by atoms with Crippen molar-refractivity contribution < 1.29 is 48.1 Å². The number of cyclic esters (lactones) is 1. The number of nitrogens with one attached hydrogen (secondary N) is 2. The molecule has 1 spiro atoms. The van der Waals surface area contributed by atoms with Crippen LogP contribution in [0.3, 0.4) is 0 Å². The van der Waals surface area contributed by atoms with Gasteiger partial charge in [-0.25, -0.2) is 19.3 Å². The molecule has 0 radical (unpaired) electrons. The number of morpholine rings is 1. The zero-order valence-electron chi connectivity index (χ0n) is 39.0. The average Bonchev–Trinajstić information content (AvgIpc) is 3.80. The number of methoxy groups -OCH3 is 1. The van der Waals surface area contributed by atoms with Crippen molar-refractivity contribution in [3.8, 4) is 17.6 Å². The predicted molar refractivity (Wildman–Crippen MR) is 254 cm³/mol. The summed E-state index contributed by atoms with van der Waals surface area (Å²) in [7, 11) is 1.21. The number of esters is 2. The summed E-state index contributed by atoms with van der Waals surface area (Å²) in [6, 6.07) is 24.1. The zero-order valence-corrected chi connectivity index (χ0v) is 39.0. The molecule has 3 fully saturated rings. The molecular weight excluding hydrogens is 881 g/mol. The zero-order chi connectivity index (χ0) is 48.8. The van der Waals surface area contributed by atoms with Gasteiger partial charge in [0, 0.05) is 24.2 Å². The van der Waals surface area contributed by atoms with E-state index in [0.717, 1.165) is 29.7 Å². The van der Waals surface area contributed by atoms with Crippen molar-refractivity contribution in [3.63, 3.8) is 0 Å². The van der Waals surface area contributed by atoms with Crippen molar-refractivity contribution >= 4 is 41.5 Å². The quantitative estimate of drug-likeness (QED) is 0.110. The smallest absolute Gasteiger partial charge is 0.329 e. The second-order valence-corrected chi connectivity index (χ2v) is 18.1. The number of benzene rings is 4. The van der Waals surface area contributed by atoms with Gasteiger partial charge in [0.15, 0.2) is 0 Å². The van der Waals surface area contributed by atoms with Crippen LogP contribution in [0.15, 0.2) is 103 Å². The largest absolute Gasteiger partial charge is 0.491 e. The maximum absolute atomic E-state index is 16.8. The van der Waals surface area contributed by atoms with E-state index in [9.17, 15) is 14.7 Å². The number of para-hydroxylation sites is 1. The first-order valence-corrected chi connectivity index (χ1v) is 23.5. The average molecular weight is 939 g/mol. The lowest BCUT2D eigenvalue weighted by Crippen LogP contribution is -2.58. The lowest BCUT2D eigenvalue weighted by Gasteiger charge is -2.46. The van der Waals surface area contributed by atoms with Gasteiger partial charge in [0.2, 0.25) is 11.8 Å². The fourth-order valence-electron chi connectivity index (χ4n) is 10.7. The summed E-state index contributed by atoms with van der Waals surface area (Å²) in [6.07, 6.45) is 3.18. The van der Waals surface area contributed by atoms with Crippen molar-refractivity contribution in [2.24, 2.45) is 17.6 Å². The highest BCUT2D eigenvalue weighted by atomic mass is 16.6. The van der Waals surface area contributed by atoms with Gasteiger partial charge in [0.25, 0.3) is 0 Å². The Kier molecular flexibility index (Phi) is 14.7. The summed E-state index contributed by atoms with van der Waals surface area (Å²) in [5.41, 5.74) is 5.67. The summed E-state index contributed by atoms with van der Waals surface area (Å²) in [5.74, 6) is 1.44. The molecule has 6 amide bonds. The summed E-state index contributed by atoms with van der Waals surface area (Å²) in [5, 5.41) is 15.3. The number of imide groups is 1. The van der Waals surface area contributed by atoms with Gasteiger partial charge in [-0.2, -0.15) is 0 Å². The van der Waals surface area contributed by atoms with Gasteiger partial charge < -0.3 is 40.6 Å². The number of ether oxygens (including phenoxy) is 3. The molecule has 8 rings (SSSR count). The highest BCUT2D eigenvalue weighted by Gasteiger charge is 2.76. The van der Waals surface area contributed by atoms with E-state index in [-0.39, 0.29) is 36.8 Å². The van der Waals surface area contributed by atoms with E-state index in [2.05, 4.69) is 22.5 Å². The highest BCUT2D eigenvalue weighted by Crippen LogP contribution is 2.67. The number of nitrogens with zero attached hydrogens (tertiary/aromatic N) is 3. The predicted octanol–water partition coefficient (Wildman–Crippen LogP) is 5.44. The van der Waals surface area contributed by atoms with Gasteiger partial charge >= 0.3 is 24.0 Å². The van der Waals surface area contributed by atoms with Crippen molar-refractivity contribution in [3.05, 3.63) is 131 Å². The van der Waals surface area contributed by atoms with E-state index in [1.807, 2.05) is 65.6 Å². The minimum atomic E-state index is -2.13. The van der Waals surface area contributed by atoms with Gasteiger partial charge in [-0.1, -0.05) is 124 Å². The highest BCUT2D eigenvalue weighted by molar-refractivity contribution is 6.25. The van der Waals surface area contributed by atoms with Crippen molar-refractivity contribution in [2.45, 2.75) is 81.6 Å². The molecular formula is C53H58N6O10. The third kappa shape index (κ3) is 9.12. The van der Waals surface area contributed by atoms with E-state index in [1.165, 1.54) is 7.11 Å². The van der Waals surface area contributed by atoms with E-state index < -0.39 is 83.3 Å². The Morgan fingerprint density at radius 2 is 1.52 bits per heavy atom. The molecule has 0 unspecified atom stereocenters. The van der Waals surface area contributed by atoms with Crippen LogP contribution in [0.5, 0.6) is 5.75 Å². The Labute approximate surface area is 401 Å². The monoisotopic (exact) mass is 938 g/mol. The number of primary amides is 1. The van der Waals surface area contributed by atoms with Crippen LogP contribution in [0.1, 0.15) is 92.0 Å². The standard InChI is InChI=1S/C53H58N6O10/c1-33(2)42(48(62)67-3)56-52(66)58-39-26-25-34(18-17-27-55-51(54)65)32-38(39)53(50(58)64)41(47(61)57-28-15-5-4-6-16-29-57)44-49(63)69-45(36-21-11-8-12-22-36)43(35-19-9-7-10-20-35)59(44)46(53)37-23-13-14-24-40(37)68-31-30-60/h7-14,19-26,32-33,41-46,60H,4-6,15-16,27-31H2,1-3H3,(H,56,66)(H3,54,55,65)/t41-,42-,43-,44-,45+,46+,53-/m0/s1. The molecule has 69 heavy (non-hydrogen) atoms. The third-order valence-corrected chi connectivity index (χ3v) is 13.6. The number of urea groups is 2. The molecule has 4 aliphatic heterocycles. The molecule has 0 aromatic heterocycles. The van der Waals surface area contributed by atoms with Crippen LogP contribution in [0.4, 0.5) is 15.3 Å². The lowest BCUT2D eigenvalue weighted by molar-refractivity contribution is -0.179. The summed E-state index contributed by atoms with van der Waals surface area (Å²) in [6.45, 7) is 3.60. The van der Waals surface area contributed by atoms with E-state index in [1.54, 1.807) is 61.2 Å². The van der Waals surface area contributed by atoms with Crippen LogP contribution in [-0.4, -0.2) is 103 Å². The number of likely N-dealkylation sites (tertiary alicyclic amines) is 1. The third-order valence-electron chi connectivity index (χ3n) is 13.6. The molecule has 7 atom stereocenters. The normalized spacial score (nSPS) is 23.6. The minimum Gasteiger partial charge on any atom is -0.491 e. The van der Waals surface area contributed by atoms with Crippen LogP contribution in [0.25, 0.3) is 0 Å². The molecule has 16 nitrogen and oxygen atoms in total. The number of aliphatic hydroxyl groups is 1. The van der Waals surface area contributed by atoms with Gasteiger partial charge in [0.1, 0.15) is 36.0 Å².